The molecule has 0 amide bonds. The Morgan fingerprint density at radius 3 is 2.44 bits per heavy atom. The van der Waals surface area contributed by atoms with Crippen LogP contribution in [-0.4, -0.2) is 37.9 Å². The van der Waals surface area contributed by atoms with Gasteiger partial charge < -0.3 is 43.0 Å². The molecule has 0 saturated carbocycles. The number of nitrogens with one attached hydrogen (secondary N) is 2. The van der Waals surface area contributed by atoms with Crippen molar-refractivity contribution >= 4 is 29.4 Å². The molecule has 0 aliphatic heterocycles. The van der Waals surface area contributed by atoms with Crippen molar-refractivity contribution in [1.82, 2.24) is 5.32 Å². The number of aliphatic imine (C=N–C) groups is 1. The molecule has 0 bridgehead atoms. The third kappa shape index (κ3) is 17.2. The van der Waals surface area contributed by atoms with Crippen LogP contribution in [0.2, 0.25) is 5.02 Å². The SMILES string of the molecule is CC(CCCCCCN)OC(=O)OC[n+]1ccc(NC(=NC#N)NCCCCCCOc2ccc(Cl)cc2)cc1.[Cl-]. The first-order valence-corrected chi connectivity index (χ1v) is 14.3. The molecule has 0 aliphatic rings. The zero-order chi connectivity index (χ0) is 28.8. The molecule has 0 aliphatic carbocycles. The molecule has 41 heavy (non-hydrogen) atoms. The van der Waals surface area contributed by atoms with Crippen LogP contribution in [0.1, 0.15) is 64.7 Å². The number of guanidine groups is 1. The van der Waals surface area contributed by atoms with Gasteiger partial charge in [0, 0.05) is 23.7 Å². The van der Waals surface area contributed by atoms with Crippen LogP contribution in [0.4, 0.5) is 10.5 Å². The van der Waals surface area contributed by atoms with Crippen molar-refractivity contribution < 1.29 is 36.0 Å². The van der Waals surface area contributed by atoms with Crippen molar-refractivity contribution in [2.24, 2.45) is 10.7 Å². The van der Waals surface area contributed by atoms with Gasteiger partial charge in [0.1, 0.15) is 11.9 Å². The number of ether oxygens (including phenoxy) is 3. The summed E-state index contributed by atoms with van der Waals surface area (Å²) in [6, 6.07) is 11.0. The Bertz CT molecular complexity index is 1050. The molecule has 1 unspecified atom stereocenters. The number of unbranched alkanes of at least 4 members (excludes halogenated alkanes) is 6. The molecule has 12 heteroatoms. The average Bonchev–Trinajstić information content (AvgIpc) is 2.95. The molecule has 226 valence electrons. The molecular weight excluding hydrogens is 567 g/mol. The molecular formula is C29H42Cl2N6O4. The Kier molecular flexibility index (Phi) is 19.6. The van der Waals surface area contributed by atoms with Gasteiger partial charge in [0.25, 0.3) is 6.73 Å². The highest BCUT2D eigenvalue weighted by Gasteiger charge is 2.13. The molecule has 10 nitrogen and oxygen atoms in total. The number of aromatic nitrogens is 1. The van der Waals surface area contributed by atoms with Crippen molar-refractivity contribution in [2.75, 3.05) is 25.0 Å². The molecule has 1 atom stereocenters. The summed E-state index contributed by atoms with van der Waals surface area (Å²) in [6.07, 6.45) is 13.4. The highest BCUT2D eigenvalue weighted by molar-refractivity contribution is 6.30. The van der Waals surface area contributed by atoms with Crippen molar-refractivity contribution in [2.45, 2.75) is 77.5 Å². The fourth-order valence-corrected chi connectivity index (χ4v) is 3.87. The zero-order valence-electron chi connectivity index (χ0n) is 23.7. The van der Waals surface area contributed by atoms with E-state index in [1.807, 2.05) is 37.4 Å². The minimum absolute atomic E-state index is 0. The molecule has 2 rings (SSSR count). The first-order valence-electron chi connectivity index (χ1n) is 13.9. The van der Waals surface area contributed by atoms with Crippen LogP contribution < -0.4 is 38.1 Å². The van der Waals surface area contributed by atoms with E-state index < -0.39 is 6.16 Å². The number of benzene rings is 1. The van der Waals surface area contributed by atoms with Crippen LogP contribution in [0.25, 0.3) is 0 Å². The summed E-state index contributed by atoms with van der Waals surface area (Å²) >= 11 is 5.88. The van der Waals surface area contributed by atoms with Gasteiger partial charge in [-0.1, -0.05) is 37.3 Å². The van der Waals surface area contributed by atoms with E-state index >= 15 is 0 Å². The lowest BCUT2D eigenvalue weighted by Crippen LogP contribution is -3.00. The van der Waals surface area contributed by atoms with Gasteiger partial charge in [-0.3, -0.25) is 0 Å². The highest BCUT2D eigenvalue weighted by Crippen LogP contribution is 2.16. The number of nitrogens with two attached hydrogens (primary N) is 1. The van der Waals surface area contributed by atoms with Crippen LogP contribution in [-0.2, 0) is 16.2 Å². The lowest BCUT2D eigenvalue weighted by molar-refractivity contribution is -0.727. The monoisotopic (exact) mass is 608 g/mol. The summed E-state index contributed by atoms with van der Waals surface area (Å²) in [6.45, 7) is 3.95. The maximum atomic E-state index is 12.0. The number of anilines is 1. The number of halogens is 2. The normalized spacial score (nSPS) is 11.5. The van der Waals surface area contributed by atoms with Crippen molar-refractivity contribution in [1.29, 1.82) is 5.26 Å². The number of carbonyl (C=O) groups is 1. The van der Waals surface area contributed by atoms with Crippen molar-refractivity contribution in [3.8, 4) is 11.9 Å². The Labute approximate surface area is 254 Å². The summed E-state index contributed by atoms with van der Waals surface area (Å²) in [4.78, 5) is 15.8. The minimum atomic E-state index is -0.689. The standard InChI is InChI=1S/C29H41ClN6O4.ClH/c1-24(10-6-2-3-7-17-31)40-29(37)39-23-36-19-15-26(16-20-36)35-28(34-22-32)33-18-8-4-5-9-21-38-27-13-11-25(30)12-14-27;/h11-16,19-20,24H,2-10,17-18,21,23,31H2,1H3,(H,33,34);1H. The van der Waals surface area contributed by atoms with Gasteiger partial charge in [-0.15, -0.1) is 4.99 Å². The van der Waals surface area contributed by atoms with Crippen LogP contribution in [0.15, 0.2) is 53.8 Å². The topological polar surface area (TPSA) is 135 Å². The Morgan fingerprint density at radius 1 is 1.05 bits per heavy atom. The first-order chi connectivity index (χ1) is 19.5. The number of hydrogen-bond donors (Lipinski definition) is 3. The third-order valence-electron chi connectivity index (χ3n) is 5.96. The fraction of sp³-hybridized carbons (Fsp3) is 0.517. The molecule has 0 fully saturated rings. The first kappa shape index (κ1) is 35.8. The van der Waals surface area contributed by atoms with E-state index in [1.54, 1.807) is 29.1 Å². The molecule has 0 radical (unpaired) electrons. The molecule has 0 saturated heterocycles. The predicted molar refractivity (Wildman–Crippen MR) is 156 cm³/mol. The smallest absolute Gasteiger partial charge is 0.513 e. The number of hydrogen-bond acceptors (Lipinski definition) is 7. The van der Waals surface area contributed by atoms with Gasteiger partial charge in [-0.05, 0) is 69.8 Å². The summed E-state index contributed by atoms with van der Waals surface area (Å²) < 4.78 is 17.9. The second-order valence-electron chi connectivity index (χ2n) is 9.37. The van der Waals surface area contributed by atoms with Gasteiger partial charge in [0.15, 0.2) is 12.4 Å². The van der Waals surface area contributed by atoms with Gasteiger partial charge in [-0.2, -0.15) is 9.83 Å². The Balaban J connectivity index is 0.00000840. The largest absolute Gasteiger partial charge is 1.00 e. The number of carbonyl (C=O) groups excluding carboxylic acids is 1. The number of pyridine rings is 1. The van der Waals surface area contributed by atoms with Crippen LogP contribution >= 0.6 is 11.6 Å². The average molecular weight is 610 g/mol. The Hall–Kier alpha value is -3.26. The minimum Gasteiger partial charge on any atom is -1.00 e. The molecule has 1 aromatic carbocycles. The second kappa shape index (κ2) is 22.4. The van der Waals surface area contributed by atoms with Crippen molar-refractivity contribution in [3.63, 3.8) is 0 Å². The van der Waals surface area contributed by atoms with E-state index in [0.29, 0.717) is 30.7 Å². The summed E-state index contributed by atoms with van der Waals surface area (Å²) in [5.41, 5.74) is 6.23. The van der Waals surface area contributed by atoms with Gasteiger partial charge in [0.2, 0.25) is 12.2 Å². The molecule has 1 heterocycles. The molecule has 0 spiro atoms. The number of rotatable bonds is 18. The van der Waals surface area contributed by atoms with Crippen LogP contribution in [0, 0.1) is 11.5 Å². The van der Waals surface area contributed by atoms with E-state index in [-0.39, 0.29) is 25.2 Å². The third-order valence-corrected chi connectivity index (χ3v) is 6.21. The van der Waals surface area contributed by atoms with Gasteiger partial charge in [0.05, 0.1) is 12.3 Å². The lowest BCUT2D eigenvalue weighted by Gasteiger charge is -2.12. The molecule has 1 aromatic heterocycles. The number of nitrogens with zero attached hydrogens (tertiary/aromatic N) is 3. The summed E-state index contributed by atoms with van der Waals surface area (Å²) in [7, 11) is 0. The predicted octanol–water partition coefficient (Wildman–Crippen LogP) is 2.52. The second-order valence-corrected chi connectivity index (χ2v) is 9.81. The van der Waals surface area contributed by atoms with E-state index in [0.717, 1.165) is 69.2 Å². The fourth-order valence-electron chi connectivity index (χ4n) is 3.75. The highest BCUT2D eigenvalue weighted by atomic mass is 35.5. The van der Waals surface area contributed by atoms with Gasteiger partial charge >= 0.3 is 6.16 Å². The van der Waals surface area contributed by atoms with E-state index in [4.69, 9.17) is 36.8 Å². The van der Waals surface area contributed by atoms with E-state index in [1.165, 1.54) is 0 Å². The van der Waals surface area contributed by atoms with Crippen LogP contribution in [0.3, 0.4) is 0 Å². The van der Waals surface area contributed by atoms with E-state index in [2.05, 4.69) is 15.6 Å². The van der Waals surface area contributed by atoms with Gasteiger partial charge in [-0.25, -0.2) is 4.79 Å². The van der Waals surface area contributed by atoms with Crippen molar-refractivity contribution in [3.05, 3.63) is 53.8 Å². The molecule has 2 aromatic rings. The van der Waals surface area contributed by atoms with E-state index in [9.17, 15) is 4.79 Å². The zero-order valence-corrected chi connectivity index (χ0v) is 25.2. The lowest BCUT2D eigenvalue weighted by atomic mass is 10.1. The van der Waals surface area contributed by atoms with Crippen LogP contribution in [0.5, 0.6) is 5.75 Å². The maximum absolute atomic E-state index is 12.0. The number of nitriles is 1. The maximum Gasteiger partial charge on any atom is 0.513 e. The quantitative estimate of drug-likeness (QED) is 0.0587. The Morgan fingerprint density at radius 2 is 1.73 bits per heavy atom. The summed E-state index contributed by atoms with van der Waals surface area (Å²) in [5.74, 6) is 1.20. The molecule has 4 N–H and O–H groups in total. The summed E-state index contributed by atoms with van der Waals surface area (Å²) in [5, 5.41) is 16.0.